The van der Waals surface area contributed by atoms with Crippen molar-refractivity contribution in [1.82, 2.24) is 0 Å². The van der Waals surface area contributed by atoms with Crippen LogP contribution in [-0.4, -0.2) is 11.5 Å². The Morgan fingerprint density at radius 2 is 1.56 bits per heavy atom. The Hall–Kier alpha value is -2.72. The summed E-state index contributed by atoms with van der Waals surface area (Å²) in [5.74, 6) is 0.874. The van der Waals surface area contributed by atoms with E-state index >= 15 is 0 Å². The first-order valence-corrected chi connectivity index (χ1v) is 8.90. The van der Waals surface area contributed by atoms with Crippen molar-refractivity contribution in [3.8, 4) is 0 Å². The van der Waals surface area contributed by atoms with Gasteiger partial charge in [-0.2, -0.15) is 0 Å². The lowest BCUT2D eigenvalue weighted by Gasteiger charge is -2.09. The second-order valence-electron chi connectivity index (χ2n) is 5.75. The average molecular weight is 390 g/mol. The standard InChI is InChI=1S/C21H16BrN3/c22-16-10-4-5-11-17(16)24-21-14-20(15-8-2-1-3-9-15)23-18-12-6-7-13-19(18)25-21/h1-13H,14H2,(H,24,25). The van der Waals surface area contributed by atoms with Gasteiger partial charge in [0.25, 0.3) is 0 Å². The predicted octanol–water partition coefficient (Wildman–Crippen LogP) is 6.12. The first kappa shape index (κ1) is 15.8. The zero-order chi connectivity index (χ0) is 17.1. The van der Waals surface area contributed by atoms with Crippen LogP contribution in [0.3, 0.4) is 0 Å². The van der Waals surface area contributed by atoms with Crippen LogP contribution in [0.25, 0.3) is 0 Å². The molecule has 25 heavy (non-hydrogen) atoms. The SMILES string of the molecule is Brc1ccccc1N=C1CC(c2ccccc2)=Nc2ccccc2N1. The molecule has 0 fully saturated rings. The molecule has 0 amide bonds. The maximum Gasteiger partial charge on any atom is 0.113 e. The number of fused-ring (bicyclic) bond motifs is 1. The van der Waals surface area contributed by atoms with Gasteiger partial charge in [0, 0.05) is 10.9 Å². The summed E-state index contributed by atoms with van der Waals surface area (Å²) in [5.41, 5.74) is 4.92. The first-order valence-electron chi connectivity index (χ1n) is 8.11. The molecule has 1 N–H and O–H groups in total. The third-order valence-electron chi connectivity index (χ3n) is 3.99. The fourth-order valence-electron chi connectivity index (χ4n) is 2.77. The monoisotopic (exact) mass is 389 g/mol. The molecular weight excluding hydrogens is 374 g/mol. The van der Waals surface area contributed by atoms with Crippen molar-refractivity contribution in [3.63, 3.8) is 0 Å². The third kappa shape index (κ3) is 3.54. The summed E-state index contributed by atoms with van der Waals surface area (Å²) in [4.78, 5) is 9.72. The van der Waals surface area contributed by atoms with Crippen LogP contribution in [0.1, 0.15) is 12.0 Å². The smallest absolute Gasteiger partial charge is 0.113 e. The highest BCUT2D eigenvalue weighted by molar-refractivity contribution is 9.10. The number of aliphatic imine (C=N–C) groups is 2. The lowest BCUT2D eigenvalue weighted by molar-refractivity contribution is 1.40. The Balaban J connectivity index is 1.81. The molecule has 1 aliphatic rings. The highest BCUT2D eigenvalue weighted by Crippen LogP contribution is 2.31. The topological polar surface area (TPSA) is 36.8 Å². The predicted molar refractivity (Wildman–Crippen MR) is 109 cm³/mol. The number of hydrogen-bond donors (Lipinski definition) is 1. The lowest BCUT2D eigenvalue weighted by Crippen LogP contribution is -2.15. The number of rotatable bonds is 2. The molecule has 0 saturated carbocycles. The summed E-state index contributed by atoms with van der Waals surface area (Å²) in [6, 6.07) is 26.3. The van der Waals surface area contributed by atoms with Crippen molar-refractivity contribution >= 4 is 44.5 Å². The normalized spacial score (nSPS) is 15.1. The molecule has 1 aliphatic heterocycles. The molecule has 3 nitrogen and oxygen atoms in total. The van der Waals surface area contributed by atoms with Gasteiger partial charge in [-0.3, -0.25) is 4.99 Å². The van der Waals surface area contributed by atoms with E-state index in [1.54, 1.807) is 0 Å². The largest absolute Gasteiger partial charge is 0.342 e. The van der Waals surface area contributed by atoms with Gasteiger partial charge in [-0.05, 0) is 45.8 Å². The molecule has 3 aromatic carbocycles. The lowest BCUT2D eigenvalue weighted by atomic mass is 10.1. The minimum Gasteiger partial charge on any atom is -0.342 e. The third-order valence-corrected chi connectivity index (χ3v) is 4.66. The molecule has 1 heterocycles. The maximum atomic E-state index is 4.89. The van der Waals surface area contributed by atoms with E-state index < -0.39 is 0 Å². The first-order chi connectivity index (χ1) is 12.3. The van der Waals surface area contributed by atoms with Crippen molar-refractivity contribution in [3.05, 3.63) is 88.9 Å². The Bertz CT molecular complexity index is 962. The van der Waals surface area contributed by atoms with E-state index in [2.05, 4.69) is 33.4 Å². The van der Waals surface area contributed by atoms with Crippen LogP contribution in [0, 0.1) is 0 Å². The summed E-state index contributed by atoms with van der Waals surface area (Å²) in [5, 5.41) is 3.45. The number of amidine groups is 1. The zero-order valence-electron chi connectivity index (χ0n) is 13.5. The van der Waals surface area contributed by atoms with Gasteiger partial charge in [-0.15, -0.1) is 0 Å². The van der Waals surface area contributed by atoms with Crippen molar-refractivity contribution in [1.29, 1.82) is 0 Å². The van der Waals surface area contributed by atoms with E-state index in [0.717, 1.165) is 38.6 Å². The van der Waals surface area contributed by atoms with Crippen molar-refractivity contribution < 1.29 is 0 Å². The number of nitrogens with zero attached hydrogens (tertiary/aromatic N) is 2. The van der Waals surface area contributed by atoms with Crippen LogP contribution in [-0.2, 0) is 0 Å². The Labute approximate surface area is 155 Å². The molecule has 0 atom stereocenters. The fraction of sp³-hybridized carbons (Fsp3) is 0.0476. The van der Waals surface area contributed by atoms with Crippen molar-refractivity contribution in [2.24, 2.45) is 9.98 Å². The highest BCUT2D eigenvalue weighted by atomic mass is 79.9. The van der Waals surface area contributed by atoms with Gasteiger partial charge >= 0.3 is 0 Å². The molecule has 0 aromatic heterocycles. The van der Waals surface area contributed by atoms with E-state index in [1.165, 1.54) is 0 Å². The average Bonchev–Trinajstić information content (AvgIpc) is 2.83. The highest BCUT2D eigenvalue weighted by Gasteiger charge is 2.16. The summed E-state index contributed by atoms with van der Waals surface area (Å²) in [6.45, 7) is 0. The number of nitrogens with one attached hydrogen (secondary N) is 1. The Morgan fingerprint density at radius 1 is 0.840 bits per heavy atom. The van der Waals surface area contributed by atoms with Crippen LogP contribution in [0.4, 0.5) is 17.1 Å². The van der Waals surface area contributed by atoms with Crippen molar-refractivity contribution in [2.45, 2.75) is 6.42 Å². The summed E-state index contributed by atoms with van der Waals surface area (Å²) < 4.78 is 0.972. The minimum atomic E-state index is 0.639. The van der Waals surface area contributed by atoms with Crippen LogP contribution in [0.2, 0.25) is 0 Å². The molecule has 0 saturated heterocycles. The number of benzene rings is 3. The van der Waals surface area contributed by atoms with E-state index in [4.69, 9.17) is 9.98 Å². The summed E-state index contributed by atoms with van der Waals surface area (Å²) >= 11 is 3.57. The maximum absolute atomic E-state index is 4.89. The summed E-state index contributed by atoms with van der Waals surface area (Å²) in [6.07, 6.45) is 0.639. The van der Waals surface area contributed by atoms with E-state index in [-0.39, 0.29) is 0 Å². The molecule has 0 radical (unpaired) electrons. The van der Waals surface area contributed by atoms with Crippen molar-refractivity contribution in [2.75, 3.05) is 5.32 Å². The van der Waals surface area contributed by atoms with Gasteiger partial charge < -0.3 is 5.32 Å². The summed E-state index contributed by atoms with van der Waals surface area (Å²) in [7, 11) is 0. The zero-order valence-corrected chi connectivity index (χ0v) is 15.1. The van der Waals surface area contributed by atoms with E-state index in [1.807, 2.05) is 66.7 Å². The number of halogens is 1. The Morgan fingerprint density at radius 3 is 2.40 bits per heavy atom. The molecule has 122 valence electrons. The van der Waals surface area contributed by atoms with Crippen LogP contribution < -0.4 is 5.32 Å². The van der Waals surface area contributed by atoms with Crippen LogP contribution in [0.15, 0.2) is 93.3 Å². The molecule has 0 spiro atoms. The molecule has 0 unspecified atom stereocenters. The number of hydrogen-bond acceptors (Lipinski definition) is 2. The molecule has 4 heteroatoms. The van der Waals surface area contributed by atoms with Gasteiger partial charge in [0.15, 0.2) is 0 Å². The van der Waals surface area contributed by atoms with E-state index in [9.17, 15) is 0 Å². The van der Waals surface area contributed by atoms with Crippen LogP contribution >= 0.6 is 15.9 Å². The molecule has 4 rings (SSSR count). The van der Waals surface area contributed by atoms with Gasteiger partial charge in [-0.25, -0.2) is 4.99 Å². The van der Waals surface area contributed by atoms with Gasteiger partial charge in [0.1, 0.15) is 5.84 Å². The van der Waals surface area contributed by atoms with Gasteiger partial charge in [0.2, 0.25) is 0 Å². The molecular formula is C21H16BrN3. The minimum absolute atomic E-state index is 0.639. The second-order valence-corrected chi connectivity index (χ2v) is 6.61. The molecule has 0 aliphatic carbocycles. The van der Waals surface area contributed by atoms with Crippen LogP contribution in [0.5, 0.6) is 0 Å². The Kier molecular flexibility index (Phi) is 4.44. The van der Waals surface area contributed by atoms with Gasteiger partial charge in [-0.1, -0.05) is 54.6 Å². The fourth-order valence-corrected chi connectivity index (χ4v) is 3.15. The second kappa shape index (κ2) is 7.03. The number of anilines is 1. The van der Waals surface area contributed by atoms with E-state index in [0.29, 0.717) is 6.42 Å². The molecule has 3 aromatic rings. The molecule has 0 bridgehead atoms. The quantitative estimate of drug-likeness (QED) is 0.563. The number of para-hydroxylation sites is 3. The van der Waals surface area contributed by atoms with Gasteiger partial charge in [0.05, 0.1) is 22.8 Å².